The minimum atomic E-state index is 1.10. The number of allylic oxidation sites excluding steroid dienone is 1. The molecule has 0 spiro atoms. The van der Waals surface area contributed by atoms with E-state index < -0.39 is 0 Å². The van der Waals surface area contributed by atoms with Gasteiger partial charge in [0.25, 0.3) is 0 Å². The zero-order chi connectivity index (χ0) is 8.53. The summed E-state index contributed by atoms with van der Waals surface area (Å²) in [5.41, 5.74) is 1.32. The lowest BCUT2D eigenvalue weighted by atomic mass is 10.1. The van der Waals surface area contributed by atoms with Crippen molar-refractivity contribution in [1.29, 1.82) is 0 Å². The summed E-state index contributed by atoms with van der Waals surface area (Å²) >= 11 is 0. The van der Waals surface area contributed by atoms with Crippen molar-refractivity contribution in [2.24, 2.45) is 0 Å². The SMILES string of the molecule is [CH2]CCCCCCCC(=C)C. The first-order valence-electron chi connectivity index (χ1n) is 4.71. The third-order valence-corrected chi connectivity index (χ3v) is 1.85. The fourth-order valence-corrected chi connectivity index (χ4v) is 1.13. The van der Waals surface area contributed by atoms with Gasteiger partial charge in [0.2, 0.25) is 0 Å². The molecule has 0 aromatic heterocycles. The average Bonchev–Trinajstić information content (AvgIpc) is 1.96. The Balaban J connectivity index is 2.85. The van der Waals surface area contributed by atoms with E-state index in [4.69, 9.17) is 0 Å². The topological polar surface area (TPSA) is 0 Å². The van der Waals surface area contributed by atoms with Crippen LogP contribution in [0.15, 0.2) is 12.2 Å². The lowest BCUT2D eigenvalue weighted by Crippen LogP contribution is -1.79. The molecule has 0 rings (SSSR count). The van der Waals surface area contributed by atoms with Crippen molar-refractivity contribution < 1.29 is 0 Å². The van der Waals surface area contributed by atoms with Crippen LogP contribution in [-0.4, -0.2) is 0 Å². The van der Waals surface area contributed by atoms with Crippen molar-refractivity contribution in [2.75, 3.05) is 0 Å². The van der Waals surface area contributed by atoms with Gasteiger partial charge in [-0.05, 0) is 19.8 Å². The summed E-state index contributed by atoms with van der Waals surface area (Å²) in [4.78, 5) is 0. The van der Waals surface area contributed by atoms with E-state index in [9.17, 15) is 0 Å². The molecule has 11 heavy (non-hydrogen) atoms. The number of hydrogen-bond acceptors (Lipinski definition) is 0. The number of unbranched alkanes of at least 4 members (excludes halogenated alkanes) is 5. The van der Waals surface area contributed by atoms with Gasteiger partial charge in [-0.1, -0.05) is 44.6 Å². The molecule has 0 N–H and O–H groups in total. The molecule has 0 amide bonds. The van der Waals surface area contributed by atoms with Crippen molar-refractivity contribution in [3.8, 4) is 0 Å². The predicted molar refractivity (Wildman–Crippen MR) is 52.5 cm³/mol. The molecule has 0 saturated carbocycles. The van der Waals surface area contributed by atoms with Crippen LogP contribution in [0.1, 0.15) is 51.9 Å². The van der Waals surface area contributed by atoms with E-state index in [1.54, 1.807) is 0 Å². The Morgan fingerprint density at radius 2 is 1.55 bits per heavy atom. The van der Waals surface area contributed by atoms with Crippen LogP contribution in [-0.2, 0) is 0 Å². The Bertz CT molecular complexity index is 92.2. The minimum absolute atomic E-state index is 1.10. The highest BCUT2D eigenvalue weighted by molar-refractivity contribution is 4.86. The molecule has 0 heterocycles. The van der Waals surface area contributed by atoms with Gasteiger partial charge in [-0.2, -0.15) is 0 Å². The summed E-state index contributed by atoms with van der Waals surface area (Å²) in [7, 11) is 0. The summed E-state index contributed by atoms with van der Waals surface area (Å²) in [5.74, 6) is 0. The van der Waals surface area contributed by atoms with E-state index in [1.807, 2.05) is 0 Å². The molecule has 0 bridgehead atoms. The van der Waals surface area contributed by atoms with Crippen molar-refractivity contribution >= 4 is 0 Å². The Labute approximate surface area is 71.7 Å². The van der Waals surface area contributed by atoms with E-state index in [0.717, 1.165) is 6.42 Å². The summed E-state index contributed by atoms with van der Waals surface area (Å²) in [6, 6.07) is 0. The van der Waals surface area contributed by atoms with Crippen LogP contribution in [0.4, 0.5) is 0 Å². The highest BCUT2D eigenvalue weighted by atomic mass is 14.0. The zero-order valence-corrected chi connectivity index (χ0v) is 7.86. The molecular formula is C11H21. The maximum atomic E-state index is 3.88. The van der Waals surface area contributed by atoms with Gasteiger partial charge in [0.1, 0.15) is 0 Å². The maximum Gasteiger partial charge on any atom is -0.0326 e. The van der Waals surface area contributed by atoms with Crippen LogP contribution >= 0.6 is 0 Å². The van der Waals surface area contributed by atoms with Crippen molar-refractivity contribution in [1.82, 2.24) is 0 Å². The number of hydrogen-bond donors (Lipinski definition) is 0. The zero-order valence-electron chi connectivity index (χ0n) is 7.86. The Morgan fingerprint density at radius 1 is 1.00 bits per heavy atom. The van der Waals surface area contributed by atoms with Crippen LogP contribution < -0.4 is 0 Å². The smallest absolute Gasteiger partial charge is 0.0326 e. The Kier molecular flexibility index (Phi) is 7.66. The highest BCUT2D eigenvalue weighted by Crippen LogP contribution is 2.09. The summed E-state index contributed by atoms with van der Waals surface area (Å²) < 4.78 is 0. The van der Waals surface area contributed by atoms with Crippen molar-refractivity contribution in [2.45, 2.75) is 51.9 Å². The first-order chi connectivity index (χ1) is 5.27. The molecule has 65 valence electrons. The third kappa shape index (κ3) is 9.74. The maximum absolute atomic E-state index is 3.88. The Hall–Kier alpha value is -0.260. The highest BCUT2D eigenvalue weighted by Gasteiger charge is 1.89. The largest absolute Gasteiger partial charge is 0.100 e. The predicted octanol–water partition coefficient (Wildman–Crippen LogP) is 4.13. The summed E-state index contributed by atoms with van der Waals surface area (Å²) in [6.07, 6.45) is 9.04. The van der Waals surface area contributed by atoms with Gasteiger partial charge in [0, 0.05) is 0 Å². The average molecular weight is 153 g/mol. The van der Waals surface area contributed by atoms with Crippen LogP contribution in [0.25, 0.3) is 0 Å². The van der Waals surface area contributed by atoms with Gasteiger partial charge >= 0.3 is 0 Å². The van der Waals surface area contributed by atoms with Gasteiger partial charge < -0.3 is 0 Å². The fourth-order valence-electron chi connectivity index (χ4n) is 1.13. The van der Waals surface area contributed by atoms with Crippen LogP contribution in [0.2, 0.25) is 0 Å². The first-order valence-corrected chi connectivity index (χ1v) is 4.71. The van der Waals surface area contributed by atoms with Gasteiger partial charge in [0.05, 0.1) is 0 Å². The quantitative estimate of drug-likeness (QED) is 0.381. The second kappa shape index (κ2) is 7.84. The third-order valence-electron chi connectivity index (χ3n) is 1.85. The van der Waals surface area contributed by atoms with Crippen molar-refractivity contribution in [3.63, 3.8) is 0 Å². The lowest BCUT2D eigenvalue weighted by molar-refractivity contribution is 0.616. The molecule has 0 unspecified atom stereocenters. The molecule has 1 radical (unpaired) electrons. The van der Waals surface area contributed by atoms with E-state index in [0.29, 0.717) is 0 Å². The molecular weight excluding hydrogens is 132 g/mol. The second-order valence-electron chi connectivity index (χ2n) is 3.33. The van der Waals surface area contributed by atoms with Crippen LogP contribution in [0, 0.1) is 6.92 Å². The van der Waals surface area contributed by atoms with Gasteiger partial charge in [-0.25, -0.2) is 0 Å². The van der Waals surface area contributed by atoms with E-state index in [2.05, 4.69) is 20.4 Å². The molecule has 0 aliphatic rings. The van der Waals surface area contributed by atoms with Gasteiger partial charge in [-0.3, -0.25) is 0 Å². The molecule has 0 aromatic carbocycles. The normalized spacial score (nSPS) is 10.0. The Morgan fingerprint density at radius 3 is 2.09 bits per heavy atom. The fraction of sp³-hybridized carbons (Fsp3) is 0.727. The van der Waals surface area contributed by atoms with Crippen LogP contribution in [0.3, 0.4) is 0 Å². The minimum Gasteiger partial charge on any atom is -0.100 e. The van der Waals surface area contributed by atoms with Crippen LogP contribution in [0.5, 0.6) is 0 Å². The van der Waals surface area contributed by atoms with E-state index in [1.165, 1.54) is 44.1 Å². The summed E-state index contributed by atoms with van der Waals surface area (Å²) in [5, 5.41) is 0. The number of rotatable bonds is 7. The van der Waals surface area contributed by atoms with Crippen molar-refractivity contribution in [3.05, 3.63) is 19.1 Å². The molecule has 0 saturated heterocycles. The molecule has 0 aromatic rings. The molecule has 0 aliphatic heterocycles. The monoisotopic (exact) mass is 153 g/mol. The molecule has 0 heteroatoms. The second-order valence-corrected chi connectivity index (χ2v) is 3.33. The van der Waals surface area contributed by atoms with E-state index >= 15 is 0 Å². The molecule has 0 atom stereocenters. The van der Waals surface area contributed by atoms with Gasteiger partial charge in [0.15, 0.2) is 0 Å². The van der Waals surface area contributed by atoms with Gasteiger partial charge in [-0.15, -0.1) is 6.58 Å². The summed E-state index contributed by atoms with van der Waals surface area (Å²) in [6.45, 7) is 9.80. The molecule has 0 fully saturated rings. The first kappa shape index (κ1) is 10.7. The van der Waals surface area contributed by atoms with E-state index in [-0.39, 0.29) is 0 Å². The molecule has 0 aliphatic carbocycles. The lowest BCUT2D eigenvalue weighted by Gasteiger charge is -1.99. The molecule has 0 nitrogen and oxygen atoms in total. The standard InChI is InChI=1S/C11H21/c1-4-5-6-7-8-9-10-11(2)3/h1-2,4-10H2,3H3.